The quantitative estimate of drug-likeness (QED) is 0.331. The molecule has 0 unspecified atom stereocenters. The number of hydrogen-bond donors (Lipinski definition) is 0. The highest BCUT2D eigenvalue weighted by Crippen LogP contribution is 2.12. The minimum absolute atomic E-state index is 0.119. The summed E-state index contributed by atoms with van der Waals surface area (Å²) in [5.41, 5.74) is 4.41. The van der Waals surface area contributed by atoms with Crippen molar-refractivity contribution in [3.05, 3.63) is 11.3 Å². The van der Waals surface area contributed by atoms with Crippen LogP contribution in [0.25, 0.3) is 0 Å². The van der Waals surface area contributed by atoms with Crippen molar-refractivity contribution in [2.75, 3.05) is 19.6 Å². The van der Waals surface area contributed by atoms with Gasteiger partial charge in [-0.25, -0.2) is 0 Å². The van der Waals surface area contributed by atoms with E-state index in [1.54, 1.807) is 5.57 Å². The smallest absolute Gasteiger partial charge is 0.0454 e. The maximum Gasteiger partial charge on any atom is 0.0454 e. The molecule has 88 valence electrons. The third-order valence-electron chi connectivity index (χ3n) is 3.04. The van der Waals surface area contributed by atoms with Gasteiger partial charge in [-0.05, 0) is 25.8 Å². The van der Waals surface area contributed by atoms with E-state index in [0.717, 1.165) is 0 Å². The second-order valence-electron chi connectivity index (χ2n) is 4.70. The lowest BCUT2D eigenvalue weighted by Gasteiger charge is -2.04. The van der Waals surface area contributed by atoms with E-state index in [0.29, 0.717) is 0 Å². The zero-order valence-electron chi connectivity index (χ0n) is 10.6. The third-order valence-corrected chi connectivity index (χ3v) is 4.82. The molecule has 0 aliphatic carbocycles. The minimum Gasteiger partial charge on any atom is -0.301 e. The fraction of sp³-hybridized carbons (Fsp3) is 0.846. The zero-order chi connectivity index (χ0) is 10.9. The molecule has 1 aliphatic rings. The number of rotatable bonds is 9. The average molecular weight is 225 g/mol. The molecule has 0 N–H and O–H groups in total. The molecular weight excluding hydrogens is 198 g/mol. The Kier molecular flexibility index (Phi) is 7.02. The Bertz CT molecular complexity index is 177. The first-order valence-electron chi connectivity index (χ1n) is 6.77. The molecule has 1 nitrogen and oxygen atoms in total. The van der Waals surface area contributed by atoms with Gasteiger partial charge in [0.05, 0.1) is 0 Å². The van der Waals surface area contributed by atoms with Crippen molar-refractivity contribution in [2.45, 2.75) is 52.0 Å². The predicted octanol–water partition coefficient (Wildman–Crippen LogP) is 2.76. The van der Waals surface area contributed by atoms with Gasteiger partial charge in [0.15, 0.2) is 0 Å². The summed E-state index contributed by atoms with van der Waals surface area (Å²) in [6.45, 7) is 8.71. The van der Waals surface area contributed by atoms with E-state index in [-0.39, 0.29) is 9.52 Å². The van der Waals surface area contributed by atoms with Crippen LogP contribution in [-0.4, -0.2) is 34.1 Å². The summed E-state index contributed by atoms with van der Waals surface area (Å²) in [7, 11) is 0.119. The minimum atomic E-state index is 0.119. The lowest BCUT2D eigenvalue weighted by molar-refractivity contribution is 0.551. The highest BCUT2D eigenvalue weighted by molar-refractivity contribution is 6.42. The monoisotopic (exact) mass is 225 g/mol. The molecule has 2 heteroatoms. The summed E-state index contributed by atoms with van der Waals surface area (Å²) in [5.74, 6) is 0. The van der Waals surface area contributed by atoms with Gasteiger partial charge in [0.1, 0.15) is 0 Å². The van der Waals surface area contributed by atoms with Crippen molar-refractivity contribution >= 4 is 9.52 Å². The molecule has 15 heavy (non-hydrogen) atoms. The van der Waals surface area contributed by atoms with E-state index in [9.17, 15) is 0 Å². The first kappa shape index (κ1) is 13.0. The van der Waals surface area contributed by atoms with Gasteiger partial charge in [-0.2, -0.15) is 0 Å². The van der Waals surface area contributed by atoms with E-state index >= 15 is 0 Å². The van der Waals surface area contributed by atoms with Crippen LogP contribution in [0.2, 0.25) is 6.04 Å². The molecular formula is C13H27NSi. The topological polar surface area (TPSA) is 3.01 Å². The SMILES string of the molecule is CCCC(=C[SiH2]CCCN1CC1)CCC. The van der Waals surface area contributed by atoms with Gasteiger partial charge in [-0.1, -0.05) is 38.3 Å². The van der Waals surface area contributed by atoms with Crippen molar-refractivity contribution in [1.82, 2.24) is 4.90 Å². The van der Waals surface area contributed by atoms with Gasteiger partial charge >= 0.3 is 0 Å². The first-order valence-corrected chi connectivity index (χ1v) is 8.58. The molecule has 1 rings (SSSR count). The largest absolute Gasteiger partial charge is 0.301 e. The molecule has 1 aliphatic heterocycles. The molecule has 1 fully saturated rings. The summed E-state index contributed by atoms with van der Waals surface area (Å²) >= 11 is 0. The second kappa shape index (κ2) is 8.11. The molecule has 0 spiro atoms. The Morgan fingerprint density at radius 2 is 1.87 bits per heavy atom. The molecule has 0 saturated carbocycles. The lowest BCUT2D eigenvalue weighted by atomic mass is 10.1. The zero-order valence-corrected chi connectivity index (χ0v) is 12.0. The Morgan fingerprint density at radius 1 is 1.20 bits per heavy atom. The van der Waals surface area contributed by atoms with Gasteiger partial charge in [0, 0.05) is 22.6 Å². The molecule has 0 atom stereocenters. The Hall–Kier alpha value is -0.0831. The van der Waals surface area contributed by atoms with Crippen LogP contribution in [-0.2, 0) is 0 Å². The van der Waals surface area contributed by atoms with Crippen molar-refractivity contribution < 1.29 is 0 Å². The fourth-order valence-electron chi connectivity index (χ4n) is 2.05. The van der Waals surface area contributed by atoms with Crippen LogP contribution in [0.15, 0.2) is 11.3 Å². The fourth-order valence-corrected chi connectivity index (χ4v) is 3.58. The highest BCUT2D eigenvalue weighted by atomic mass is 28.2. The lowest BCUT2D eigenvalue weighted by Crippen LogP contribution is -2.00. The normalized spacial score (nSPS) is 16.1. The summed E-state index contributed by atoms with van der Waals surface area (Å²) in [6, 6.07) is 1.52. The molecule has 0 bridgehead atoms. The molecule has 0 aromatic heterocycles. The predicted molar refractivity (Wildman–Crippen MR) is 72.3 cm³/mol. The average Bonchev–Trinajstić information content (AvgIpc) is 3.02. The van der Waals surface area contributed by atoms with Crippen LogP contribution in [0.3, 0.4) is 0 Å². The third kappa shape index (κ3) is 6.91. The van der Waals surface area contributed by atoms with Crippen LogP contribution in [0.1, 0.15) is 46.0 Å². The highest BCUT2D eigenvalue weighted by Gasteiger charge is 2.14. The Labute approximate surface area is 97.8 Å². The Morgan fingerprint density at radius 3 is 2.40 bits per heavy atom. The van der Waals surface area contributed by atoms with Crippen molar-refractivity contribution in [3.63, 3.8) is 0 Å². The van der Waals surface area contributed by atoms with E-state index in [2.05, 4.69) is 24.4 Å². The standard InChI is InChI=1S/C13H27NSi/c1-3-6-13(7-4-2)12-15-11-5-8-14-9-10-14/h12H,3-11,15H2,1-2H3. The van der Waals surface area contributed by atoms with E-state index in [1.807, 2.05) is 0 Å². The van der Waals surface area contributed by atoms with Crippen molar-refractivity contribution in [3.8, 4) is 0 Å². The van der Waals surface area contributed by atoms with Crippen molar-refractivity contribution in [1.29, 1.82) is 0 Å². The summed E-state index contributed by atoms with van der Waals surface area (Å²) < 4.78 is 0. The van der Waals surface area contributed by atoms with Crippen LogP contribution < -0.4 is 0 Å². The van der Waals surface area contributed by atoms with Gasteiger partial charge in [-0.15, -0.1) is 5.70 Å². The van der Waals surface area contributed by atoms with E-state index in [1.165, 1.54) is 57.8 Å². The van der Waals surface area contributed by atoms with Gasteiger partial charge in [-0.3, -0.25) is 0 Å². The van der Waals surface area contributed by atoms with E-state index in [4.69, 9.17) is 0 Å². The summed E-state index contributed by atoms with van der Waals surface area (Å²) in [5, 5.41) is 0. The van der Waals surface area contributed by atoms with Crippen molar-refractivity contribution in [2.24, 2.45) is 0 Å². The van der Waals surface area contributed by atoms with Gasteiger partial charge in [0.2, 0.25) is 0 Å². The van der Waals surface area contributed by atoms with Crippen LogP contribution in [0, 0.1) is 0 Å². The summed E-state index contributed by atoms with van der Waals surface area (Å²) in [6.07, 6.45) is 6.82. The summed E-state index contributed by atoms with van der Waals surface area (Å²) in [4.78, 5) is 2.54. The maximum absolute atomic E-state index is 2.65. The van der Waals surface area contributed by atoms with Crippen LogP contribution in [0.4, 0.5) is 0 Å². The number of nitrogens with zero attached hydrogens (tertiary/aromatic N) is 1. The molecule has 1 saturated heterocycles. The van der Waals surface area contributed by atoms with Gasteiger partial charge < -0.3 is 4.90 Å². The molecule has 1 heterocycles. The van der Waals surface area contributed by atoms with Crippen LogP contribution in [0.5, 0.6) is 0 Å². The number of allylic oxidation sites excluding steroid dienone is 1. The number of hydrogen-bond acceptors (Lipinski definition) is 1. The second-order valence-corrected chi connectivity index (χ2v) is 6.39. The Balaban J connectivity index is 2.02. The molecule has 0 aromatic rings. The maximum atomic E-state index is 2.65. The first-order chi connectivity index (χ1) is 7.36. The molecule has 0 aromatic carbocycles. The van der Waals surface area contributed by atoms with Crippen LogP contribution >= 0.6 is 0 Å². The van der Waals surface area contributed by atoms with E-state index < -0.39 is 0 Å². The van der Waals surface area contributed by atoms with Gasteiger partial charge in [0.25, 0.3) is 0 Å². The molecule has 0 amide bonds. The molecule has 0 radical (unpaired) electrons.